The van der Waals surface area contributed by atoms with Crippen LogP contribution in [0.3, 0.4) is 0 Å². The van der Waals surface area contributed by atoms with Gasteiger partial charge >= 0.3 is 6.18 Å². The van der Waals surface area contributed by atoms with E-state index in [0.29, 0.717) is 4.90 Å². The molecule has 0 bridgehead atoms. The summed E-state index contributed by atoms with van der Waals surface area (Å²) < 4.78 is 38.2. The molecule has 0 radical (unpaired) electrons. The van der Waals surface area contributed by atoms with Gasteiger partial charge in [-0.1, -0.05) is 18.5 Å². The highest BCUT2D eigenvalue weighted by Crippen LogP contribution is 2.37. The predicted molar refractivity (Wildman–Crippen MR) is 81.6 cm³/mol. The first-order valence-corrected chi connectivity index (χ1v) is 7.53. The van der Waals surface area contributed by atoms with E-state index >= 15 is 0 Å². The SMILES string of the molecule is CCC(=O)Nc1cc(N2C(=O)CC(C(F)(F)F)CC2=O)ccc1Cl. The number of hydrogen-bond donors (Lipinski definition) is 1. The fraction of sp³-hybridized carbons (Fsp3) is 0.400. The van der Waals surface area contributed by atoms with Crippen molar-refractivity contribution in [3.8, 4) is 0 Å². The van der Waals surface area contributed by atoms with Crippen molar-refractivity contribution < 1.29 is 27.6 Å². The van der Waals surface area contributed by atoms with Crippen LogP contribution in [0.5, 0.6) is 0 Å². The van der Waals surface area contributed by atoms with Crippen LogP contribution in [0.4, 0.5) is 24.5 Å². The van der Waals surface area contributed by atoms with E-state index in [-0.39, 0.29) is 28.7 Å². The molecule has 0 unspecified atom stereocenters. The molecule has 3 amide bonds. The molecule has 0 saturated carbocycles. The Bertz CT molecular complexity index is 673. The molecule has 9 heteroatoms. The van der Waals surface area contributed by atoms with Crippen LogP contribution in [-0.4, -0.2) is 23.9 Å². The number of hydrogen-bond acceptors (Lipinski definition) is 3. The summed E-state index contributed by atoms with van der Waals surface area (Å²) in [6.45, 7) is 1.63. The van der Waals surface area contributed by atoms with Crippen LogP contribution < -0.4 is 10.2 Å². The molecule has 5 nitrogen and oxygen atoms in total. The third-order valence-corrected chi connectivity index (χ3v) is 3.94. The standard InChI is InChI=1S/C15H14ClF3N2O3/c1-2-12(22)20-11-7-9(3-4-10(11)16)21-13(23)5-8(6-14(21)24)15(17,18)19/h3-4,7-8H,2,5-6H2,1H3,(H,20,22). The number of halogens is 4. The first-order valence-electron chi connectivity index (χ1n) is 7.15. The second-order valence-corrected chi connectivity index (χ2v) is 5.74. The quantitative estimate of drug-likeness (QED) is 0.837. The molecule has 1 aliphatic rings. The third-order valence-electron chi connectivity index (χ3n) is 3.61. The summed E-state index contributed by atoms with van der Waals surface area (Å²) >= 11 is 5.94. The van der Waals surface area contributed by atoms with Crippen molar-refractivity contribution in [2.75, 3.05) is 10.2 Å². The van der Waals surface area contributed by atoms with E-state index in [1.807, 2.05) is 0 Å². The molecule has 1 aromatic carbocycles. The first kappa shape index (κ1) is 18.3. The fourth-order valence-corrected chi connectivity index (χ4v) is 2.49. The lowest BCUT2D eigenvalue weighted by Gasteiger charge is -2.31. The highest BCUT2D eigenvalue weighted by atomic mass is 35.5. The van der Waals surface area contributed by atoms with Crippen molar-refractivity contribution >= 4 is 40.7 Å². The lowest BCUT2D eigenvalue weighted by molar-refractivity contribution is -0.185. The van der Waals surface area contributed by atoms with E-state index in [2.05, 4.69) is 5.32 Å². The molecule has 1 saturated heterocycles. The van der Waals surface area contributed by atoms with Gasteiger partial charge in [-0.2, -0.15) is 13.2 Å². The number of nitrogens with one attached hydrogen (secondary N) is 1. The molecule has 1 heterocycles. The summed E-state index contributed by atoms with van der Waals surface area (Å²) in [4.78, 5) is 36.2. The van der Waals surface area contributed by atoms with Crippen molar-refractivity contribution in [3.63, 3.8) is 0 Å². The molecule has 0 aliphatic carbocycles. The lowest BCUT2D eigenvalue weighted by atomic mass is 9.94. The predicted octanol–water partition coefficient (Wildman–Crippen LogP) is 3.52. The molecule has 1 aliphatic heterocycles. The number of nitrogens with zero attached hydrogens (tertiary/aromatic N) is 1. The van der Waals surface area contributed by atoms with E-state index in [4.69, 9.17) is 11.6 Å². The number of carbonyl (C=O) groups is 3. The maximum absolute atomic E-state index is 12.7. The maximum atomic E-state index is 12.7. The molecule has 2 rings (SSSR count). The van der Waals surface area contributed by atoms with Crippen LogP contribution in [0, 0.1) is 5.92 Å². The number of rotatable bonds is 3. The summed E-state index contributed by atoms with van der Waals surface area (Å²) in [6, 6.07) is 3.99. The Labute approximate surface area is 140 Å². The number of amides is 3. The molecule has 0 aromatic heterocycles. The second kappa shape index (κ2) is 6.80. The molecular weight excluding hydrogens is 349 g/mol. The normalized spacial score (nSPS) is 16.5. The van der Waals surface area contributed by atoms with Crippen LogP contribution in [-0.2, 0) is 14.4 Å². The minimum atomic E-state index is -4.60. The van der Waals surface area contributed by atoms with E-state index in [1.54, 1.807) is 6.92 Å². The van der Waals surface area contributed by atoms with Gasteiger partial charge in [0.1, 0.15) is 0 Å². The Morgan fingerprint density at radius 1 is 1.29 bits per heavy atom. The Kier molecular flexibility index (Phi) is 5.17. The average molecular weight is 363 g/mol. The molecule has 1 N–H and O–H groups in total. The Morgan fingerprint density at radius 3 is 2.38 bits per heavy atom. The average Bonchev–Trinajstić information content (AvgIpc) is 2.48. The van der Waals surface area contributed by atoms with E-state index in [9.17, 15) is 27.6 Å². The van der Waals surface area contributed by atoms with Crippen LogP contribution in [0.2, 0.25) is 5.02 Å². The number of benzene rings is 1. The van der Waals surface area contributed by atoms with Gasteiger partial charge < -0.3 is 5.32 Å². The van der Waals surface area contributed by atoms with Crippen molar-refractivity contribution in [2.45, 2.75) is 32.4 Å². The summed E-state index contributed by atoms with van der Waals surface area (Å²) in [6.07, 6.45) is -6.00. The highest BCUT2D eigenvalue weighted by Gasteiger charge is 2.47. The van der Waals surface area contributed by atoms with Crippen LogP contribution >= 0.6 is 11.6 Å². The van der Waals surface area contributed by atoms with Crippen molar-refractivity contribution in [1.82, 2.24) is 0 Å². The van der Waals surface area contributed by atoms with Gasteiger partial charge in [-0.05, 0) is 18.2 Å². The maximum Gasteiger partial charge on any atom is 0.392 e. The third kappa shape index (κ3) is 3.87. The van der Waals surface area contributed by atoms with Gasteiger partial charge in [0.25, 0.3) is 0 Å². The molecule has 1 fully saturated rings. The molecule has 24 heavy (non-hydrogen) atoms. The van der Waals surface area contributed by atoms with Gasteiger partial charge in [-0.3, -0.25) is 19.3 Å². The van der Waals surface area contributed by atoms with Gasteiger partial charge in [-0.15, -0.1) is 0 Å². The fourth-order valence-electron chi connectivity index (χ4n) is 2.32. The van der Waals surface area contributed by atoms with E-state index < -0.39 is 36.8 Å². The molecule has 0 atom stereocenters. The Morgan fingerprint density at radius 2 is 1.88 bits per heavy atom. The summed E-state index contributed by atoms with van der Waals surface area (Å²) in [5, 5.41) is 2.69. The Hall–Kier alpha value is -2.09. The highest BCUT2D eigenvalue weighted by molar-refractivity contribution is 6.34. The minimum absolute atomic E-state index is 0.0708. The van der Waals surface area contributed by atoms with Gasteiger partial charge in [0.15, 0.2) is 0 Å². The topological polar surface area (TPSA) is 66.5 Å². The zero-order valence-electron chi connectivity index (χ0n) is 12.6. The van der Waals surface area contributed by atoms with Crippen LogP contribution in [0.15, 0.2) is 18.2 Å². The molecular formula is C15H14ClF3N2O3. The number of carbonyl (C=O) groups excluding carboxylic acids is 3. The zero-order chi connectivity index (χ0) is 18.1. The van der Waals surface area contributed by atoms with Gasteiger partial charge in [0.05, 0.1) is 22.3 Å². The minimum Gasteiger partial charge on any atom is -0.325 e. The van der Waals surface area contributed by atoms with Gasteiger partial charge in [-0.25, -0.2) is 0 Å². The summed E-state index contributed by atoms with van der Waals surface area (Å²) in [5.41, 5.74) is 0.251. The number of anilines is 2. The lowest BCUT2D eigenvalue weighted by Crippen LogP contribution is -2.46. The number of piperidine rings is 1. The summed E-state index contributed by atoms with van der Waals surface area (Å²) in [7, 11) is 0. The van der Waals surface area contributed by atoms with Crippen LogP contribution in [0.25, 0.3) is 0 Å². The van der Waals surface area contributed by atoms with E-state index in [0.717, 1.165) is 0 Å². The molecule has 130 valence electrons. The van der Waals surface area contributed by atoms with Crippen LogP contribution in [0.1, 0.15) is 26.2 Å². The van der Waals surface area contributed by atoms with Crippen molar-refractivity contribution in [2.24, 2.45) is 5.92 Å². The second-order valence-electron chi connectivity index (χ2n) is 5.34. The monoisotopic (exact) mass is 362 g/mol. The van der Waals surface area contributed by atoms with Gasteiger partial charge in [0, 0.05) is 19.3 Å². The van der Waals surface area contributed by atoms with Crippen molar-refractivity contribution in [3.05, 3.63) is 23.2 Å². The number of alkyl halides is 3. The zero-order valence-corrected chi connectivity index (χ0v) is 13.4. The largest absolute Gasteiger partial charge is 0.392 e. The number of imide groups is 1. The molecule has 0 spiro atoms. The van der Waals surface area contributed by atoms with Gasteiger partial charge in [0.2, 0.25) is 17.7 Å². The van der Waals surface area contributed by atoms with E-state index in [1.165, 1.54) is 18.2 Å². The smallest absolute Gasteiger partial charge is 0.325 e. The Balaban J connectivity index is 2.29. The van der Waals surface area contributed by atoms with Crippen molar-refractivity contribution in [1.29, 1.82) is 0 Å². The molecule has 1 aromatic rings. The summed E-state index contributed by atoms with van der Waals surface area (Å²) in [5.74, 6) is -4.19. The first-order chi connectivity index (χ1) is 11.1.